The van der Waals surface area contributed by atoms with E-state index in [0.29, 0.717) is 13.1 Å². The molecule has 3 nitrogen and oxygen atoms in total. The van der Waals surface area contributed by atoms with E-state index in [1.807, 2.05) is 49.9 Å². The van der Waals surface area contributed by atoms with E-state index in [1.165, 1.54) is 0 Å². The summed E-state index contributed by atoms with van der Waals surface area (Å²) in [5.41, 5.74) is 1.57. The van der Waals surface area contributed by atoms with Crippen molar-refractivity contribution in [3.8, 4) is 0 Å². The van der Waals surface area contributed by atoms with E-state index in [-0.39, 0.29) is 17.6 Å². The van der Waals surface area contributed by atoms with Gasteiger partial charge in [-0.15, -0.1) is 0 Å². The van der Waals surface area contributed by atoms with Crippen molar-refractivity contribution in [1.82, 2.24) is 4.90 Å². The van der Waals surface area contributed by atoms with Gasteiger partial charge in [-0.05, 0) is 32.9 Å². The molecular weight excluding hydrogens is 306 g/mol. The molecule has 1 unspecified atom stereocenters. The monoisotopic (exact) mass is 325 g/mol. The summed E-state index contributed by atoms with van der Waals surface area (Å²) in [6.45, 7) is 7.32. The average molecular weight is 326 g/mol. The smallest absolute Gasteiger partial charge is 0.254 e. The summed E-state index contributed by atoms with van der Waals surface area (Å²) >= 11 is 3.44. The summed E-state index contributed by atoms with van der Waals surface area (Å²) in [5.74, 6) is 0.0889. The Morgan fingerprint density at radius 3 is 2.89 bits per heavy atom. The van der Waals surface area contributed by atoms with Crippen molar-refractivity contribution < 1.29 is 9.53 Å². The quantitative estimate of drug-likeness (QED) is 0.782. The Hall–Kier alpha value is -0.870. The van der Waals surface area contributed by atoms with Crippen LogP contribution in [-0.2, 0) is 4.74 Å². The molecule has 1 fully saturated rings. The van der Waals surface area contributed by atoms with Gasteiger partial charge in [-0.25, -0.2) is 0 Å². The van der Waals surface area contributed by atoms with Crippen LogP contribution in [0.25, 0.3) is 0 Å². The molecule has 1 aromatic carbocycles. The Balaban J connectivity index is 2.18. The molecule has 4 heteroatoms. The lowest BCUT2D eigenvalue weighted by molar-refractivity contribution is -0.116. The molecule has 104 valence electrons. The van der Waals surface area contributed by atoms with Crippen molar-refractivity contribution in [1.29, 1.82) is 0 Å². The molecule has 1 aliphatic rings. The van der Waals surface area contributed by atoms with Gasteiger partial charge in [0.15, 0.2) is 0 Å². The number of amides is 1. The summed E-state index contributed by atoms with van der Waals surface area (Å²) < 4.78 is 5.92. The molecule has 0 radical (unpaired) electrons. The maximum absolute atomic E-state index is 12.6. The van der Waals surface area contributed by atoms with Gasteiger partial charge >= 0.3 is 0 Å². The average Bonchev–Trinajstić information content (AvgIpc) is 2.36. The second kappa shape index (κ2) is 5.63. The molecule has 1 aromatic rings. The maximum atomic E-state index is 12.6. The van der Waals surface area contributed by atoms with Gasteiger partial charge in [-0.1, -0.05) is 33.6 Å². The van der Waals surface area contributed by atoms with E-state index in [1.54, 1.807) is 0 Å². The summed E-state index contributed by atoms with van der Waals surface area (Å²) in [4.78, 5) is 14.4. The molecule has 0 N–H and O–H groups in total. The van der Waals surface area contributed by atoms with Crippen LogP contribution in [0.2, 0.25) is 0 Å². The lowest BCUT2D eigenvalue weighted by Gasteiger charge is -2.42. The molecule has 1 saturated heterocycles. The van der Waals surface area contributed by atoms with Crippen LogP contribution >= 0.6 is 15.9 Å². The Morgan fingerprint density at radius 1 is 1.53 bits per heavy atom. The molecule has 0 saturated carbocycles. The van der Waals surface area contributed by atoms with Gasteiger partial charge in [-0.2, -0.15) is 0 Å². The van der Waals surface area contributed by atoms with E-state index in [0.717, 1.165) is 16.5 Å². The van der Waals surface area contributed by atoms with Crippen molar-refractivity contribution >= 4 is 21.8 Å². The zero-order valence-electron chi connectivity index (χ0n) is 11.6. The first-order chi connectivity index (χ1) is 8.91. The summed E-state index contributed by atoms with van der Waals surface area (Å²) in [6.07, 6.45) is 0.0532. The van der Waals surface area contributed by atoms with Crippen LogP contribution in [0, 0.1) is 6.92 Å². The van der Waals surface area contributed by atoms with E-state index in [2.05, 4.69) is 15.9 Å². The number of ether oxygens (including phenoxy) is 1. The number of carbonyl (C=O) groups is 1. The van der Waals surface area contributed by atoms with Crippen LogP contribution in [0.3, 0.4) is 0 Å². The Morgan fingerprint density at radius 2 is 2.26 bits per heavy atom. The Labute approximate surface area is 123 Å². The summed E-state index contributed by atoms with van der Waals surface area (Å²) in [5, 5.41) is 0.744. The number of benzene rings is 1. The number of hydrogen-bond acceptors (Lipinski definition) is 2. The largest absolute Gasteiger partial charge is 0.368 e. The third kappa shape index (κ3) is 3.57. The fourth-order valence-electron chi connectivity index (χ4n) is 2.49. The van der Waals surface area contributed by atoms with Crippen molar-refractivity contribution in [2.24, 2.45) is 0 Å². The van der Waals surface area contributed by atoms with Gasteiger partial charge in [0.2, 0.25) is 0 Å². The lowest BCUT2D eigenvalue weighted by atomic mass is 10.0. The van der Waals surface area contributed by atoms with E-state index in [9.17, 15) is 4.79 Å². The number of carbonyl (C=O) groups excluding carboxylic acids is 1. The molecule has 1 heterocycles. The second-order valence-electron chi connectivity index (χ2n) is 5.71. The van der Waals surface area contributed by atoms with Gasteiger partial charge in [0.05, 0.1) is 11.7 Å². The lowest BCUT2D eigenvalue weighted by Crippen LogP contribution is -2.55. The molecule has 1 atom stereocenters. The minimum Gasteiger partial charge on any atom is -0.368 e. The molecule has 0 spiro atoms. The predicted octanol–water partition coefficient (Wildman–Crippen LogP) is 3.01. The van der Waals surface area contributed by atoms with Crippen molar-refractivity contribution in [2.75, 3.05) is 18.4 Å². The van der Waals surface area contributed by atoms with Crippen LogP contribution in [0.15, 0.2) is 24.3 Å². The van der Waals surface area contributed by atoms with Crippen molar-refractivity contribution in [3.05, 3.63) is 35.4 Å². The first-order valence-electron chi connectivity index (χ1n) is 6.51. The maximum Gasteiger partial charge on any atom is 0.254 e. The number of alkyl halides is 1. The highest BCUT2D eigenvalue weighted by atomic mass is 79.9. The number of nitrogens with zero attached hydrogens (tertiary/aromatic N) is 1. The highest BCUT2D eigenvalue weighted by Crippen LogP contribution is 2.23. The normalized spacial score (nSPS) is 22.3. The summed E-state index contributed by atoms with van der Waals surface area (Å²) in [6, 6.07) is 7.74. The van der Waals surface area contributed by atoms with Gasteiger partial charge < -0.3 is 9.64 Å². The van der Waals surface area contributed by atoms with E-state index >= 15 is 0 Å². The summed E-state index contributed by atoms with van der Waals surface area (Å²) in [7, 11) is 0. The second-order valence-corrected chi connectivity index (χ2v) is 6.36. The van der Waals surface area contributed by atoms with Gasteiger partial charge in [0.1, 0.15) is 0 Å². The van der Waals surface area contributed by atoms with E-state index in [4.69, 9.17) is 4.74 Å². The van der Waals surface area contributed by atoms with Crippen LogP contribution in [0.1, 0.15) is 29.8 Å². The number of aryl methyl sites for hydroxylation is 1. The molecule has 19 heavy (non-hydrogen) atoms. The fraction of sp³-hybridized carbons (Fsp3) is 0.533. The number of halogens is 1. The zero-order valence-corrected chi connectivity index (χ0v) is 13.2. The van der Waals surface area contributed by atoms with Gasteiger partial charge in [-0.3, -0.25) is 4.79 Å². The highest BCUT2D eigenvalue weighted by Gasteiger charge is 2.35. The van der Waals surface area contributed by atoms with Crippen molar-refractivity contribution in [3.63, 3.8) is 0 Å². The zero-order chi connectivity index (χ0) is 14.0. The van der Waals surface area contributed by atoms with Crippen LogP contribution in [0.5, 0.6) is 0 Å². The van der Waals surface area contributed by atoms with Crippen molar-refractivity contribution in [2.45, 2.75) is 32.5 Å². The van der Waals surface area contributed by atoms with Crippen LogP contribution in [-0.4, -0.2) is 40.9 Å². The minimum absolute atomic E-state index is 0.0532. The number of rotatable bonds is 2. The third-order valence-electron chi connectivity index (χ3n) is 3.21. The Kier molecular flexibility index (Phi) is 4.31. The molecule has 0 aliphatic carbocycles. The number of morpholine rings is 1. The Bertz CT molecular complexity index is 473. The molecule has 2 rings (SSSR count). The van der Waals surface area contributed by atoms with Gasteiger partial charge in [0, 0.05) is 24.0 Å². The highest BCUT2D eigenvalue weighted by molar-refractivity contribution is 9.09. The molecule has 0 aromatic heterocycles. The first kappa shape index (κ1) is 14.5. The molecule has 1 aliphatic heterocycles. The number of hydrogen-bond donors (Lipinski definition) is 0. The molecular formula is C15H20BrNO2. The van der Waals surface area contributed by atoms with Gasteiger partial charge in [0.25, 0.3) is 5.91 Å². The SMILES string of the molecule is Cc1cccc(C(=O)N2CC(CBr)OC(C)(C)C2)c1. The van der Waals surface area contributed by atoms with Crippen LogP contribution < -0.4 is 0 Å². The predicted molar refractivity (Wildman–Crippen MR) is 79.8 cm³/mol. The third-order valence-corrected chi connectivity index (χ3v) is 3.93. The molecule has 0 bridgehead atoms. The topological polar surface area (TPSA) is 29.5 Å². The van der Waals surface area contributed by atoms with E-state index < -0.39 is 0 Å². The standard InChI is InChI=1S/C15H20BrNO2/c1-11-5-4-6-12(7-11)14(18)17-9-13(8-16)19-15(2,3)10-17/h4-7,13H,8-10H2,1-3H3. The minimum atomic E-state index is -0.295. The fourth-order valence-corrected chi connectivity index (χ4v) is 2.83. The van der Waals surface area contributed by atoms with Crippen LogP contribution in [0.4, 0.5) is 0 Å². The first-order valence-corrected chi connectivity index (χ1v) is 7.63. The molecule has 1 amide bonds.